The molecule has 2 aliphatic rings. The molecule has 3 nitrogen and oxygen atoms in total. The molecule has 0 unspecified atom stereocenters. The fraction of sp³-hybridized carbons (Fsp3) is 0.538. The minimum Gasteiger partial charge on any atom is -0.382 e. The predicted molar refractivity (Wildman–Crippen MR) is 67.9 cm³/mol. The van der Waals surface area contributed by atoms with Gasteiger partial charge in [-0.1, -0.05) is 25.3 Å². The predicted octanol–water partition coefficient (Wildman–Crippen LogP) is 2.73. The summed E-state index contributed by atoms with van der Waals surface area (Å²) < 4.78 is 38.5. The molecule has 1 spiro atoms. The van der Waals surface area contributed by atoms with Gasteiger partial charge in [-0.3, -0.25) is 0 Å². The van der Waals surface area contributed by atoms with Crippen LogP contribution in [0, 0.1) is 5.82 Å². The zero-order valence-electron chi connectivity index (χ0n) is 10.1. The van der Waals surface area contributed by atoms with Gasteiger partial charge in [0, 0.05) is 6.54 Å². The van der Waals surface area contributed by atoms with Crippen LogP contribution in [0.5, 0.6) is 0 Å². The van der Waals surface area contributed by atoms with E-state index in [4.69, 9.17) is 0 Å². The Hall–Kier alpha value is -1.10. The highest BCUT2D eigenvalue weighted by molar-refractivity contribution is 7.93. The summed E-state index contributed by atoms with van der Waals surface area (Å²) in [6, 6.07) is 4.39. The van der Waals surface area contributed by atoms with Crippen molar-refractivity contribution in [1.82, 2.24) is 0 Å². The zero-order chi connectivity index (χ0) is 12.8. The molecule has 0 bridgehead atoms. The van der Waals surface area contributed by atoms with E-state index in [1.807, 2.05) is 0 Å². The van der Waals surface area contributed by atoms with Crippen molar-refractivity contribution in [2.75, 3.05) is 11.9 Å². The van der Waals surface area contributed by atoms with E-state index in [2.05, 4.69) is 5.32 Å². The maximum Gasteiger partial charge on any atom is 0.190 e. The Morgan fingerprint density at radius 2 is 1.89 bits per heavy atom. The van der Waals surface area contributed by atoms with Gasteiger partial charge in [0.15, 0.2) is 9.84 Å². The fourth-order valence-corrected chi connectivity index (χ4v) is 5.41. The minimum atomic E-state index is -3.57. The van der Waals surface area contributed by atoms with Crippen molar-refractivity contribution in [2.45, 2.75) is 41.7 Å². The Labute approximate surface area is 106 Å². The average Bonchev–Trinajstić information content (AvgIpc) is 2.36. The highest BCUT2D eigenvalue weighted by atomic mass is 32.2. The lowest BCUT2D eigenvalue weighted by Gasteiger charge is -2.40. The first kappa shape index (κ1) is 12.0. The van der Waals surface area contributed by atoms with Crippen molar-refractivity contribution in [3.63, 3.8) is 0 Å². The van der Waals surface area contributed by atoms with Gasteiger partial charge < -0.3 is 5.32 Å². The van der Waals surface area contributed by atoms with Crippen LogP contribution < -0.4 is 5.32 Å². The molecule has 98 valence electrons. The molecule has 1 aliphatic heterocycles. The molecule has 1 aliphatic carbocycles. The Morgan fingerprint density at radius 3 is 2.61 bits per heavy atom. The highest BCUT2D eigenvalue weighted by Gasteiger charge is 2.49. The van der Waals surface area contributed by atoms with Gasteiger partial charge in [-0.15, -0.1) is 0 Å². The standard InChI is InChI=1S/C13H16FNO2S/c14-10-5-4-6-11-12(10)18(16,17)13(9-15-11)7-2-1-3-8-13/h4-6,15H,1-3,7-9H2. The summed E-state index contributed by atoms with van der Waals surface area (Å²) in [6.45, 7) is 0.409. The monoisotopic (exact) mass is 269 g/mol. The molecule has 0 radical (unpaired) electrons. The Balaban J connectivity index is 2.18. The molecule has 3 rings (SSSR count). The van der Waals surface area contributed by atoms with Gasteiger partial charge in [0.2, 0.25) is 0 Å². The van der Waals surface area contributed by atoms with E-state index in [1.54, 1.807) is 6.07 Å². The average molecular weight is 269 g/mol. The second kappa shape index (κ2) is 3.95. The summed E-state index contributed by atoms with van der Waals surface area (Å²) in [5.74, 6) is -0.635. The van der Waals surface area contributed by atoms with E-state index in [9.17, 15) is 12.8 Å². The number of nitrogens with one attached hydrogen (secondary N) is 1. The van der Waals surface area contributed by atoms with E-state index in [1.165, 1.54) is 12.1 Å². The molecule has 1 fully saturated rings. The highest BCUT2D eigenvalue weighted by Crippen LogP contribution is 2.44. The summed E-state index contributed by atoms with van der Waals surface area (Å²) in [5, 5.41) is 3.10. The van der Waals surface area contributed by atoms with Crippen LogP contribution in [0.2, 0.25) is 0 Å². The fourth-order valence-electron chi connectivity index (χ4n) is 3.13. The maximum absolute atomic E-state index is 13.9. The van der Waals surface area contributed by atoms with Gasteiger partial charge in [0.05, 0.1) is 10.4 Å². The molecule has 1 aromatic carbocycles. The Bertz CT molecular complexity index is 577. The molecule has 1 aromatic rings. The van der Waals surface area contributed by atoms with E-state index in [0.29, 0.717) is 25.1 Å². The lowest BCUT2D eigenvalue weighted by atomic mass is 9.88. The first-order valence-corrected chi connectivity index (χ1v) is 7.82. The molecule has 1 N–H and O–H groups in total. The molecule has 0 atom stereocenters. The molecular formula is C13H16FNO2S. The first-order valence-electron chi connectivity index (χ1n) is 6.34. The zero-order valence-corrected chi connectivity index (χ0v) is 10.9. The number of hydrogen-bond donors (Lipinski definition) is 1. The van der Waals surface area contributed by atoms with Crippen molar-refractivity contribution < 1.29 is 12.8 Å². The van der Waals surface area contributed by atoms with Crippen LogP contribution in [0.3, 0.4) is 0 Å². The van der Waals surface area contributed by atoms with Gasteiger partial charge in [-0.25, -0.2) is 12.8 Å². The second-order valence-electron chi connectivity index (χ2n) is 5.22. The van der Waals surface area contributed by atoms with Crippen LogP contribution in [-0.4, -0.2) is 19.7 Å². The van der Waals surface area contributed by atoms with E-state index < -0.39 is 20.4 Å². The molecule has 1 heterocycles. The molecule has 18 heavy (non-hydrogen) atoms. The molecule has 5 heteroatoms. The quantitative estimate of drug-likeness (QED) is 0.787. The number of fused-ring (bicyclic) bond motifs is 1. The molecule has 0 aromatic heterocycles. The Morgan fingerprint density at radius 1 is 1.17 bits per heavy atom. The summed E-state index contributed by atoms with van der Waals surface area (Å²) in [4.78, 5) is -0.127. The number of sulfone groups is 1. The summed E-state index contributed by atoms with van der Waals surface area (Å²) in [7, 11) is -3.57. The third-order valence-electron chi connectivity index (χ3n) is 4.17. The number of benzene rings is 1. The van der Waals surface area contributed by atoms with E-state index in [-0.39, 0.29) is 4.90 Å². The Kier molecular flexibility index (Phi) is 2.62. The van der Waals surface area contributed by atoms with Crippen LogP contribution in [-0.2, 0) is 9.84 Å². The largest absolute Gasteiger partial charge is 0.382 e. The van der Waals surface area contributed by atoms with Crippen molar-refractivity contribution in [1.29, 1.82) is 0 Å². The molecular weight excluding hydrogens is 253 g/mol. The smallest absolute Gasteiger partial charge is 0.190 e. The van der Waals surface area contributed by atoms with Crippen molar-refractivity contribution in [3.05, 3.63) is 24.0 Å². The molecule has 0 amide bonds. The van der Waals surface area contributed by atoms with Gasteiger partial charge in [0.1, 0.15) is 10.7 Å². The second-order valence-corrected chi connectivity index (χ2v) is 7.50. The van der Waals surface area contributed by atoms with Gasteiger partial charge in [0.25, 0.3) is 0 Å². The topological polar surface area (TPSA) is 46.2 Å². The van der Waals surface area contributed by atoms with Gasteiger partial charge >= 0.3 is 0 Å². The third kappa shape index (κ3) is 1.49. The van der Waals surface area contributed by atoms with E-state index >= 15 is 0 Å². The minimum absolute atomic E-state index is 0.127. The lowest BCUT2D eigenvalue weighted by Crippen LogP contribution is -2.49. The van der Waals surface area contributed by atoms with Crippen molar-refractivity contribution >= 4 is 15.5 Å². The maximum atomic E-state index is 13.9. The lowest BCUT2D eigenvalue weighted by molar-refractivity contribution is 0.378. The molecule has 0 saturated heterocycles. The van der Waals surface area contributed by atoms with Crippen molar-refractivity contribution in [2.24, 2.45) is 0 Å². The SMILES string of the molecule is O=S1(=O)c2c(F)cccc2NCC12CCCCC2. The van der Waals surface area contributed by atoms with E-state index in [0.717, 1.165) is 19.3 Å². The van der Waals surface area contributed by atoms with Crippen molar-refractivity contribution in [3.8, 4) is 0 Å². The van der Waals surface area contributed by atoms with Crippen LogP contribution in [0.4, 0.5) is 10.1 Å². The summed E-state index contributed by atoms with van der Waals surface area (Å²) in [5.41, 5.74) is 0.409. The van der Waals surface area contributed by atoms with Crippen LogP contribution in [0.15, 0.2) is 23.1 Å². The number of hydrogen-bond acceptors (Lipinski definition) is 3. The van der Waals surface area contributed by atoms with Crippen LogP contribution >= 0.6 is 0 Å². The number of anilines is 1. The van der Waals surface area contributed by atoms with Crippen LogP contribution in [0.1, 0.15) is 32.1 Å². The van der Waals surface area contributed by atoms with Gasteiger partial charge in [-0.2, -0.15) is 0 Å². The first-order chi connectivity index (χ1) is 8.57. The third-order valence-corrected chi connectivity index (χ3v) is 6.82. The summed E-state index contributed by atoms with van der Waals surface area (Å²) in [6.07, 6.45) is 4.16. The summed E-state index contributed by atoms with van der Waals surface area (Å²) >= 11 is 0. The number of halogens is 1. The normalized spacial score (nSPS) is 24.3. The van der Waals surface area contributed by atoms with Crippen LogP contribution in [0.25, 0.3) is 0 Å². The number of rotatable bonds is 0. The molecule has 1 saturated carbocycles. The van der Waals surface area contributed by atoms with Gasteiger partial charge in [-0.05, 0) is 25.0 Å².